The van der Waals surface area contributed by atoms with Gasteiger partial charge in [0.05, 0.1) is 12.5 Å². The van der Waals surface area contributed by atoms with Crippen molar-refractivity contribution in [1.82, 2.24) is 0 Å². The van der Waals surface area contributed by atoms with Gasteiger partial charge in [0.1, 0.15) is 24.4 Å². The standard InChI is InChI=1S/C21H30O8/c1-9-15(23)16(24)17(25)19(27-9)29-18(26)12-5-11-7-20(3,4)8-21(11)10(2)28-14(22)6-13(12)21/h5,9-11,13,15-17,19,23-25H,6-8H2,1-4H3. The topological polar surface area (TPSA) is 123 Å². The highest BCUT2D eigenvalue weighted by Gasteiger charge is 2.65. The summed E-state index contributed by atoms with van der Waals surface area (Å²) in [5.74, 6) is -1.22. The summed E-state index contributed by atoms with van der Waals surface area (Å²) in [5, 5.41) is 29.9. The van der Waals surface area contributed by atoms with Crippen LogP contribution in [-0.4, -0.2) is 64.1 Å². The summed E-state index contributed by atoms with van der Waals surface area (Å²) in [4.78, 5) is 25.2. The van der Waals surface area contributed by atoms with Gasteiger partial charge in [-0.15, -0.1) is 0 Å². The largest absolute Gasteiger partial charge is 0.462 e. The molecule has 0 aromatic rings. The Morgan fingerprint density at radius 3 is 2.55 bits per heavy atom. The monoisotopic (exact) mass is 410 g/mol. The lowest BCUT2D eigenvalue weighted by atomic mass is 9.64. The Bertz CT molecular complexity index is 745. The predicted molar refractivity (Wildman–Crippen MR) is 99.1 cm³/mol. The smallest absolute Gasteiger partial charge is 0.336 e. The molecule has 29 heavy (non-hydrogen) atoms. The van der Waals surface area contributed by atoms with Crippen LogP contribution in [0.3, 0.4) is 0 Å². The fraction of sp³-hybridized carbons (Fsp3) is 0.810. The van der Waals surface area contributed by atoms with E-state index in [1.54, 1.807) is 0 Å². The molecule has 0 bridgehead atoms. The molecule has 4 rings (SSSR count). The van der Waals surface area contributed by atoms with E-state index in [4.69, 9.17) is 14.2 Å². The molecule has 0 amide bonds. The van der Waals surface area contributed by atoms with Crippen LogP contribution in [0.2, 0.25) is 0 Å². The van der Waals surface area contributed by atoms with Crippen molar-refractivity contribution in [3.8, 4) is 0 Å². The Hall–Kier alpha value is -1.48. The van der Waals surface area contributed by atoms with E-state index in [1.807, 2.05) is 13.0 Å². The quantitative estimate of drug-likeness (QED) is 0.568. The van der Waals surface area contributed by atoms with Gasteiger partial charge in [-0.1, -0.05) is 19.9 Å². The van der Waals surface area contributed by atoms with E-state index in [0.29, 0.717) is 5.57 Å². The van der Waals surface area contributed by atoms with Crippen molar-refractivity contribution in [2.75, 3.05) is 0 Å². The van der Waals surface area contributed by atoms with Crippen molar-refractivity contribution >= 4 is 11.9 Å². The van der Waals surface area contributed by atoms with Crippen LogP contribution in [0.15, 0.2) is 11.6 Å². The van der Waals surface area contributed by atoms with Crippen molar-refractivity contribution in [1.29, 1.82) is 0 Å². The van der Waals surface area contributed by atoms with Gasteiger partial charge in [-0.2, -0.15) is 0 Å². The second-order valence-corrected chi connectivity index (χ2v) is 9.86. The average Bonchev–Trinajstić information content (AvgIpc) is 3.06. The van der Waals surface area contributed by atoms with Gasteiger partial charge in [0.15, 0.2) is 0 Å². The highest BCUT2D eigenvalue weighted by atomic mass is 16.7. The first-order valence-electron chi connectivity index (χ1n) is 10.3. The molecule has 2 saturated heterocycles. The lowest BCUT2D eigenvalue weighted by Gasteiger charge is -2.45. The Morgan fingerprint density at radius 2 is 1.86 bits per heavy atom. The summed E-state index contributed by atoms with van der Waals surface area (Å²) >= 11 is 0. The summed E-state index contributed by atoms with van der Waals surface area (Å²) in [6, 6.07) is 0. The molecule has 8 nitrogen and oxygen atoms in total. The van der Waals surface area contributed by atoms with Crippen LogP contribution in [0.5, 0.6) is 0 Å². The maximum absolute atomic E-state index is 13.0. The summed E-state index contributed by atoms with van der Waals surface area (Å²) in [6.45, 7) is 7.79. The van der Waals surface area contributed by atoms with Gasteiger partial charge in [-0.3, -0.25) is 4.79 Å². The average molecular weight is 410 g/mol. The molecule has 162 valence electrons. The SMILES string of the molecule is CC1OC(OC(=O)C2=CC3CC(C)(C)CC34C(C)OC(=O)CC24)C(O)C(O)C1O. The number of aliphatic hydroxyl groups is 3. The van der Waals surface area contributed by atoms with Crippen LogP contribution in [-0.2, 0) is 23.8 Å². The van der Waals surface area contributed by atoms with Gasteiger partial charge < -0.3 is 29.5 Å². The van der Waals surface area contributed by atoms with E-state index >= 15 is 0 Å². The van der Waals surface area contributed by atoms with Crippen LogP contribution in [0.4, 0.5) is 0 Å². The zero-order valence-electron chi connectivity index (χ0n) is 17.2. The fourth-order valence-corrected chi connectivity index (χ4v) is 6.08. The Balaban J connectivity index is 1.59. The van der Waals surface area contributed by atoms with Crippen LogP contribution < -0.4 is 0 Å². The third-order valence-electron chi connectivity index (χ3n) is 7.36. The predicted octanol–water partition coefficient (Wildman–Crippen LogP) is 0.671. The maximum Gasteiger partial charge on any atom is 0.336 e. The summed E-state index contributed by atoms with van der Waals surface area (Å²) in [5.41, 5.74) is 0.157. The minimum atomic E-state index is -1.56. The number of hydrogen-bond donors (Lipinski definition) is 3. The molecule has 1 spiro atoms. The van der Waals surface area contributed by atoms with Gasteiger partial charge in [-0.05, 0) is 38.0 Å². The number of rotatable bonds is 2. The summed E-state index contributed by atoms with van der Waals surface area (Å²) in [6.07, 6.45) is -3.08. The lowest BCUT2D eigenvalue weighted by molar-refractivity contribution is -0.283. The zero-order chi connectivity index (χ0) is 21.3. The van der Waals surface area contributed by atoms with Gasteiger partial charge in [0.25, 0.3) is 0 Å². The van der Waals surface area contributed by atoms with Crippen LogP contribution in [0.25, 0.3) is 0 Å². The molecule has 8 heteroatoms. The summed E-state index contributed by atoms with van der Waals surface area (Å²) in [7, 11) is 0. The molecule has 0 radical (unpaired) electrons. The molecule has 4 aliphatic rings. The molecule has 3 fully saturated rings. The minimum absolute atomic E-state index is 0.0746. The van der Waals surface area contributed by atoms with Crippen LogP contribution in [0.1, 0.15) is 47.0 Å². The van der Waals surface area contributed by atoms with Crippen molar-refractivity contribution < 1.29 is 39.1 Å². The van der Waals surface area contributed by atoms with E-state index in [2.05, 4.69) is 13.8 Å². The van der Waals surface area contributed by atoms with E-state index in [9.17, 15) is 24.9 Å². The van der Waals surface area contributed by atoms with Gasteiger partial charge in [0, 0.05) is 16.9 Å². The first-order valence-corrected chi connectivity index (χ1v) is 10.3. The Morgan fingerprint density at radius 1 is 1.17 bits per heavy atom. The molecule has 2 aliphatic carbocycles. The van der Waals surface area contributed by atoms with E-state index in [0.717, 1.165) is 12.8 Å². The second kappa shape index (κ2) is 6.77. The number of esters is 2. The minimum Gasteiger partial charge on any atom is -0.462 e. The number of cyclic esters (lactones) is 1. The second-order valence-electron chi connectivity index (χ2n) is 9.86. The fourth-order valence-electron chi connectivity index (χ4n) is 6.08. The highest BCUT2D eigenvalue weighted by Crippen LogP contribution is 2.66. The maximum atomic E-state index is 13.0. The molecule has 2 aliphatic heterocycles. The first-order chi connectivity index (χ1) is 13.5. The molecule has 3 N–H and O–H groups in total. The van der Waals surface area contributed by atoms with Crippen molar-refractivity contribution in [3.05, 3.63) is 11.6 Å². The van der Waals surface area contributed by atoms with E-state index < -0.39 is 36.7 Å². The molecular formula is C21H30O8. The normalized spacial score (nSPS) is 48.4. The first kappa shape index (κ1) is 20.8. The molecule has 2 heterocycles. The Labute approximate surface area is 169 Å². The number of aliphatic hydroxyl groups excluding tert-OH is 3. The lowest BCUT2D eigenvalue weighted by Crippen LogP contribution is -2.57. The Kier molecular flexibility index (Phi) is 4.85. The number of carbonyl (C=O) groups excluding carboxylic acids is 2. The van der Waals surface area contributed by atoms with Crippen LogP contribution >= 0.6 is 0 Å². The third-order valence-corrected chi connectivity index (χ3v) is 7.36. The number of ether oxygens (including phenoxy) is 3. The van der Waals surface area contributed by atoms with Gasteiger partial charge >= 0.3 is 11.9 Å². The van der Waals surface area contributed by atoms with Crippen LogP contribution in [0, 0.1) is 22.7 Å². The van der Waals surface area contributed by atoms with E-state index in [-0.39, 0.29) is 41.2 Å². The van der Waals surface area contributed by atoms with Crippen molar-refractivity contribution in [3.63, 3.8) is 0 Å². The number of hydrogen-bond acceptors (Lipinski definition) is 8. The zero-order valence-corrected chi connectivity index (χ0v) is 17.2. The highest BCUT2D eigenvalue weighted by molar-refractivity contribution is 5.91. The van der Waals surface area contributed by atoms with Crippen molar-refractivity contribution in [2.45, 2.75) is 83.8 Å². The molecule has 1 saturated carbocycles. The van der Waals surface area contributed by atoms with Crippen molar-refractivity contribution in [2.24, 2.45) is 22.7 Å². The molecule has 0 aromatic carbocycles. The molecule has 0 aromatic heterocycles. The van der Waals surface area contributed by atoms with Gasteiger partial charge in [0.2, 0.25) is 6.29 Å². The summed E-state index contributed by atoms with van der Waals surface area (Å²) < 4.78 is 16.4. The molecular weight excluding hydrogens is 380 g/mol. The van der Waals surface area contributed by atoms with Gasteiger partial charge in [-0.25, -0.2) is 4.79 Å². The third kappa shape index (κ3) is 3.12. The number of carbonyl (C=O) groups is 2. The molecule has 9 unspecified atom stereocenters. The number of allylic oxidation sites excluding steroid dienone is 1. The molecule has 9 atom stereocenters. The van der Waals surface area contributed by atoms with E-state index in [1.165, 1.54) is 6.92 Å².